The van der Waals surface area contributed by atoms with E-state index < -0.39 is 0 Å². The molecule has 2 rings (SSSR count). The van der Waals surface area contributed by atoms with Crippen LogP contribution < -0.4 is 5.73 Å². The summed E-state index contributed by atoms with van der Waals surface area (Å²) in [6.07, 6.45) is 0. The third kappa shape index (κ3) is 3.56. The number of amides is 1. The molecule has 0 saturated carbocycles. The molecule has 1 saturated heterocycles. The maximum atomic E-state index is 12.5. The van der Waals surface area contributed by atoms with Gasteiger partial charge in [-0.1, -0.05) is 18.8 Å². The first-order chi connectivity index (χ1) is 9.61. The van der Waals surface area contributed by atoms with E-state index in [1.807, 2.05) is 41.8 Å². The summed E-state index contributed by atoms with van der Waals surface area (Å²) in [4.78, 5) is 14.4. The number of aryl methyl sites for hydroxylation is 1. The van der Waals surface area contributed by atoms with E-state index in [4.69, 9.17) is 5.73 Å². The van der Waals surface area contributed by atoms with Gasteiger partial charge in [-0.25, -0.2) is 0 Å². The Balaban J connectivity index is 2.16. The van der Waals surface area contributed by atoms with Crippen LogP contribution in [0.2, 0.25) is 0 Å². The van der Waals surface area contributed by atoms with Gasteiger partial charge in [0.15, 0.2) is 0 Å². The van der Waals surface area contributed by atoms with Crippen molar-refractivity contribution in [1.29, 1.82) is 0 Å². The van der Waals surface area contributed by atoms with Crippen LogP contribution in [-0.4, -0.2) is 41.4 Å². The molecule has 1 aliphatic rings. The molecule has 0 radical (unpaired) electrons. The van der Waals surface area contributed by atoms with Gasteiger partial charge in [0.05, 0.1) is 6.54 Å². The number of benzene rings is 1. The van der Waals surface area contributed by atoms with Gasteiger partial charge in [0.25, 0.3) is 5.91 Å². The number of nitrogens with two attached hydrogens (primary N) is 1. The summed E-state index contributed by atoms with van der Waals surface area (Å²) in [7, 11) is 0. The first-order valence-electron chi connectivity index (χ1n) is 6.82. The summed E-state index contributed by atoms with van der Waals surface area (Å²) in [5, 5.41) is 0.517. The van der Waals surface area contributed by atoms with Crippen molar-refractivity contribution in [2.45, 2.75) is 19.1 Å². The van der Waals surface area contributed by atoms with Gasteiger partial charge in [-0.15, -0.1) is 0 Å². The van der Waals surface area contributed by atoms with Crippen molar-refractivity contribution < 1.29 is 4.79 Å². The van der Waals surface area contributed by atoms with Gasteiger partial charge >= 0.3 is 0 Å². The Morgan fingerprint density at radius 2 is 2.35 bits per heavy atom. The number of hydrogen-bond acceptors (Lipinski definition) is 3. The minimum absolute atomic E-state index is 0.124. The van der Waals surface area contributed by atoms with Crippen molar-refractivity contribution in [2.75, 3.05) is 25.4 Å². The van der Waals surface area contributed by atoms with Crippen LogP contribution in [0, 0.1) is 18.8 Å². The van der Waals surface area contributed by atoms with Crippen LogP contribution in [0.5, 0.6) is 0 Å². The lowest BCUT2D eigenvalue weighted by molar-refractivity contribution is 0.0763. The van der Waals surface area contributed by atoms with Gasteiger partial charge in [0, 0.05) is 35.2 Å². The normalized spacial score (nSPS) is 18.4. The number of hydrogen-bond donors (Lipinski definition) is 1. The van der Waals surface area contributed by atoms with E-state index >= 15 is 0 Å². The summed E-state index contributed by atoms with van der Waals surface area (Å²) >= 11 is 1.93. The van der Waals surface area contributed by atoms with Crippen molar-refractivity contribution in [3.8, 4) is 11.8 Å². The molecule has 20 heavy (non-hydrogen) atoms. The van der Waals surface area contributed by atoms with E-state index in [9.17, 15) is 4.79 Å². The molecule has 2 N–H and O–H groups in total. The number of nitrogens with zero attached hydrogens (tertiary/aromatic N) is 1. The zero-order valence-electron chi connectivity index (χ0n) is 12.0. The lowest BCUT2D eigenvalue weighted by atomic mass is 10.0. The van der Waals surface area contributed by atoms with Crippen molar-refractivity contribution in [3.63, 3.8) is 0 Å². The minimum atomic E-state index is 0.124. The van der Waals surface area contributed by atoms with E-state index in [1.165, 1.54) is 0 Å². The first kappa shape index (κ1) is 15.0. The average Bonchev–Trinajstić information content (AvgIpc) is 2.45. The Bertz CT molecular complexity index is 559. The van der Waals surface area contributed by atoms with E-state index in [-0.39, 0.29) is 5.91 Å². The Labute approximate surface area is 124 Å². The average molecular weight is 288 g/mol. The predicted molar refractivity (Wildman–Crippen MR) is 84.9 cm³/mol. The van der Waals surface area contributed by atoms with Gasteiger partial charge in [-0.2, -0.15) is 11.8 Å². The van der Waals surface area contributed by atoms with Crippen LogP contribution in [0.25, 0.3) is 0 Å². The minimum Gasteiger partial charge on any atom is -0.337 e. The van der Waals surface area contributed by atoms with Gasteiger partial charge in [-0.3, -0.25) is 4.79 Å². The smallest absolute Gasteiger partial charge is 0.253 e. The van der Waals surface area contributed by atoms with Gasteiger partial charge < -0.3 is 10.6 Å². The van der Waals surface area contributed by atoms with E-state index in [2.05, 4.69) is 18.8 Å². The molecule has 1 aromatic rings. The highest BCUT2D eigenvalue weighted by Gasteiger charge is 2.22. The van der Waals surface area contributed by atoms with Crippen LogP contribution in [-0.2, 0) is 0 Å². The van der Waals surface area contributed by atoms with Crippen LogP contribution in [0.1, 0.15) is 28.4 Å². The number of carbonyl (C=O) groups is 1. The Kier molecular flexibility index (Phi) is 5.11. The fourth-order valence-electron chi connectivity index (χ4n) is 2.27. The largest absolute Gasteiger partial charge is 0.337 e. The topological polar surface area (TPSA) is 46.3 Å². The molecule has 4 heteroatoms. The summed E-state index contributed by atoms with van der Waals surface area (Å²) in [6, 6.07) is 5.70. The van der Waals surface area contributed by atoms with Crippen molar-refractivity contribution in [1.82, 2.24) is 4.90 Å². The number of rotatable bonds is 1. The Hall–Kier alpha value is -1.44. The van der Waals surface area contributed by atoms with Crippen LogP contribution in [0.3, 0.4) is 0 Å². The molecule has 0 bridgehead atoms. The zero-order valence-corrected chi connectivity index (χ0v) is 12.8. The standard InChI is InChI=1S/C16H20N2OS/c1-12-10-15(6-5-14(12)4-3-7-17)16(19)18-8-9-20-13(2)11-18/h5-6,10,13H,7-9,11,17H2,1-2H3. The van der Waals surface area contributed by atoms with Gasteiger partial charge in [0.1, 0.15) is 0 Å². The van der Waals surface area contributed by atoms with E-state index in [1.54, 1.807) is 0 Å². The van der Waals surface area contributed by atoms with Crippen molar-refractivity contribution in [3.05, 3.63) is 34.9 Å². The predicted octanol–water partition coefficient (Wildman–Crippen LogP) is 1.88. The molecule has 0 aromatic heterocycles. The molecule has 1 atom stereocenters. The van der Waals surface area contributed by atoms with Crippen molar-refractivity contribution in [2.24, 2.45) is 5.73 Å². The fourth-order valence-corrected chi connectivity index (χ4v) is 3.28. The Morgan fingerprint density at radius 1 is 1.55 bits per heavy atom. The molecule has 1 unspecified atom stereocenters. The zero-order chi connectivity index (χ0) is 14.5. The third-order valence-corrected chi connectivity index (χ3v) is 4.46. The van der Waals surface area contributed by atoms with Gasteiger partial charge in [-0.05, 0) is 30.7 Å². The fraction of sp³-hybridized carbons (Fsp3) is 0.438. The molecule has 1 fully saturated rings. The monoisotopic (exact) mass is 288 g/mol. The third-order valence-electron chi connectivity index (χ3n) is 3.33. The second kappa shape index (κ2) is 6.83. The molecule has 1 amide bonds. The second-order valence-electron chi connectivity index (χ2n) is 4.97. The van der Waals surface area contributed by atoms with Crippen LogP contribution >= 0.6 is 11.8 Å². The SMILES string of the molecule is Cc1cc(C(=O)N2CCSC(C)C2)ccc1C#CCN. The molecule has 3 nitrogen and oxygen atoms in total. The van der Waals surface area contributed by atoms with E-state index in [0.717, 1.165) is 35.5 Å². The number of thioether (sulfide) groups is 1. The molecule has 1 aromatic carbocycles. The lowest BCUT2D eigenvalue weighted by Gasteiger charge is -2.30. The highest BCUT2D eigenvalue weighted by Crippen LogP contribution is 2.20. The summed E-state index contributed by atoms with van der Waals surface area (Å²) in [5.74, 6) is 7.01. The van der Waals surface area contributed by atoms with Crippen LogP contribution in [0.15, 0.2) is 18.2 Å². The highest BCUT2D eigenvalue weighted by molar-refractivity contribution is 7.99. The van der Waals surface area contributed by atoms with Gasteiger partial charge in [0.2, 0.25) is 0 Å². The van der Waals surface area contributed by atoms with Crippen molar-refractivity contribution >= 4 is 17.7 Å². The first-order valence-corrected chi connectivity index (χ1v) is 7.87. The summed E-state index contributed by atoms with van der Waals surface area (Å²) in [5.41, 5.74) is 8.09. The molecular formula is C16H20N2OS. The Morgan fingerprint density at radius 3 is 3.00 bits per heavy atom. The second-order valence-corrected chi connectivity index (χ2v) is 6.51. The quantitative estimate of drug-likeness (QED) is 0.803. The lowest BCUT2D eigenvalue weighted by Crippen LogP contribution is -2.41. The number of carbonyl (C=O) groups excluding carboxylic acids is 1. The molecule has 1 aliphatic heterocycles. The molecule has 1 heterocycles. The summed E-state index contributed by atoms with van der Waals surface area (Å²) < 4.78 is 0. The van der Waals surface area contributed by atoms with Crippen LogP contribution in [0.4, 0.5) is 0 Å². The molecule has 0 spiro atoms. The molecule has 106 valence electrons. The maximum absolute atomic E-state index is 12.5. The van der Waals surface area contributed by atoms with E-state index in [0.29, 0.717) is 11.8 Å². The molecule has 0 aliphatic carbocycles. The maximum Gasteiger partial charge on any atom is 0.253 e. The highest BCUT2D eigenvalue weighted by atomic mass is 32.2. The summed E-state index contributed by atoms with van der Waals surface area (Å²) in [6.45, 7) is 6.16. The molecular weight excluding hydrogens is 268 g/mol.